The maximum atomic E-state index is 12.5. The minimum absolute atomic E-state index is 0.192. The molecule has 8 heteroatoms. The van der Waals surface area contributed by atoms with E-state index in [-0.39, 0.29) is 13.3 Å². The Morgan fingerprint density at radius 2 is 1.89 bits per heavy atom. The highest BCUT2D eigenvalue weighted by Crippen LogP contribution is 2.26. The van der Waals surface area contributed by atoms with Crippen molar-refractivity contribution in [1.82, 2.24) is 9.13 Å². The smallest absolute Gasteiger partial charge is 0.335 e. The highest BCUT2D eigenvalue weighted by atomic mass is 16.5. The zero-order chi connectivity index (χ0) is 19.8. The van der Waals surface area contributed by atoms with Crippen LogP contribution in [0.1, 0.15) is 38.5 Å². The minimum atomic E-state index is -1.06. The predicted octanol–water partition coefficient (Wildman–Crippen LogP) is 1.97. The van der Waals surface area contributed by atoms with Crippen molar-refractivity contribution in [3.63, 3.8) is 0 Å². The SMILES string of the molecule is CC.O=C(O)C1CCC(n2ccc(=O)n(COCc3ccccc3)c2=O)O1. The van der Waals surface area contributed by atoms with E-state index in [9.17, 15) is 14.4 Å². The molecule has 1 fully saturated rings. The first-order valence-electron chi connectivity index (χ1n) is 8.88. The van der Waals surface area contributed by atoms with Crippen LogP contribution in [0.4, 0.5) is 0 Å². The quantitative estimate of drug-likeness (QED) is 0.827. The van der Waals surface area contributed by atoms with Gasteiger partial charge in [-0.3, -0.25) is 9.36 Å². The molecule has 2 heterocycles. The second kappa shape index (κ2) is 9.84. The van der Waals surface area contributed by atoms with Gasteiger partial charge in [-0.2, -0.15) is 0 Å². The number of carbonyl (C=O) groups is 1. The van der Waals surface area contributed by atoms with Crippen molar-refractivity contribution in [2.45, 2.75) is 52.4 Å². The maximum absolute atomic E-state index is 12.5. The Bertz CT molecular complexity index is 858. The van der Waals surface area contributed by atoms with Crippen LogP contribution < -0.4 is 11.2 Å². The normalized spacial score (nSPS) is 18.6. The second-order valence-corrected chi connectivity index (χ2v) is 5.73. The first-order valence-corrected chi connectivity index (χ1v) is 8.88. The number of aliphatic carboxylic acids is 1. The zero-order valence-corrected chi connectivity index (χ0v) is 15.4. The summed E-state index contributed by atoms with van der Waals surface area (Å²) in [7, 11) is 0. The van der Waals surface area contributed by atoms with Crippen LogP contribution in [0, 0.1) is 0 Å². The molecule has 2 atom stereocenters. The number of carboxylic acid groups (broad SMARTS) is 1. The molecule has 0 spiro atoms. The summed E-state index contributed by atoms with van der Waals surface area (Å²) < 4.78 is 13.0. The number of carboxylic acids is 1. The van der Waals surface area contributed by atoms with Crippen molar-refractivity contribution in [2.75, 3.05) is 0 Å². The van der Waals surface area contributed by atoms with Crippen LogP contribution in [-0.4, -0.2) is 26.3 Å². The van der Waals surface area contributed by atoms with Crippen LogP contribution in [-0.2, 0) is 27.6 Å². The van der Waals surface area contributed by atoms with Crippen molar-refractivity contribution in [3.05, 3.63) is 69.0 Å². The Kier molecular flexibility index (Phi) is 7.51. The van der Waals surface area contributed by atoms with E-state index >= 15 is 0 Å². The molecule has 0 amide bonds. The van der Waals surface area contributed by atoms with Crippen LogP contribution in [0.2, 0.25) is 0 Å². The summed E-state index contributed by atoms with van der Waals surface area (Å²) in [5.41, 5.74) is -0.145. The molecule has 1 aliphatic heterocycles. The standard InChI is InChI=1S/C17H18N2O6.C2H6/c20-14-8-9-18(15-7-6-13(25-15)16(21)22)17(23)19(14)11-24-10-12-4-2-1-3-5-12;1-2/h1-5,8-9,13,15H,6-7,10-11H2,(H,21,22);1-2H3. The van der Waals surface area contributed by atoms with Gasteiger partial charge in [0.05, 0.1) is 6.61 Å². The van der Waals surface area contributed by atoms with Gasteiger partial charge in [-0.05, 0) is 18.4 Å². The molecule has 0 bridgehead atoms. The molecule has 1 aromatic carbocycles. The third kappa shape index (κ3) is 5.15. The molecule has 0 radical (unpaired) electrons. The van der Waals surface area contributed by atoms with Crippen LogP contribution in [0.25, 0.3) is 0 Å². The summed E-state index contributed by atoms with van der Waals surface area (Å²) in [6, 6.07) is 10.6. The molecule has 1 aliphatic rings. The predicted molar refractivity (Wildman–Crippen MR) is 98.3 cm³/mol. The Hall–Kier alpha value is -2.71. The van der Waals surface area contributed by atoms with Gasteiger partial charge in [-0.25, -0.2) is 14.2 Å². The molecule has 1 N–H and O–H groups in total. The van der Waals surface area contributed by atoms with Gasteiger partial charge in [0.1, 0.15) is 13.0 Å². The summed E-state index contributed by atoms with van der Waals surface area (Å²) in [6.07, 6.45) is 0.393. The highest BCUT2D eigenvalue weighted by Gasteiger charge is 2.32. The van der Waals surface area contributed by atoms with Crippen molar-refractivity contribution >= 4 is 5.97 Å². The number of hydrogen-bond donors (Lipinski definition) is 1. The molecule has 2 aromatic rings. The number of benzene rings is 1. The van der Waals surface area contributed by atoms with E-state index in [0.29, 0.717) is 12.8 Å². The first kappa shape index (κ1) is 20.6. The van der Waals surface area contributed by atoms with Gasteiger partial charge >= 0.3 is 11.7 Å². The molecule has 3 rings (SSSR count). The van der Waals surface area contributed by atoms with Crippen LogP contribution in [0.15, 0.2) is 52.2 Å². The fraction of sp³-hybridized carbons (Fsp3) is 0.421. The minimum Gasteiger partial charge on any atom is -0.479 e. The fourth-order valence-electron chi connectivity index (χ4n) is 2.70. The largest absolute Gasteiger partial charge is 0.479 e. The van der Waals surface area contributed by atoms with Crippen LogP contribution >= 0.6 is 0 Å². The average Bonchev–Trinajstić information content (AvgIpc) is 3.17. The molecule has 8 nitrogen and oxygen atoms in total. The topological polar surface area (TPSA) is 99.8 Å². The number of nitrogens with zero attached hydrogens (tertiary/aromatic N) is 2. The third-order valence-corrected chi connectivity index (χ3v) is 4.01. The summed E-state index contributed by atoms with van der Waals surface area (Å²) in [5.74, 6) is -1.06. The number of hydrogen-bond acceptors (Lipinski definition) is 5. The molecule has 27 heavy (non-hydrogen) atoms. The second-order valence-electron chi connectivity index (χ2n) is 5.73. The van der Waals surface area contributed by atoms with Crippen LogP contribution in [0.3, 0.4) is 0 Å². The zero-order valence-electron chi connectivity index (χ0n) is 15.4. The molecule has 1 aromatic heterocycles. The van der Waals surface area contributed by atoms with E-state index in [0.717, 1.165) is 10.1 Å². The molecular weight excluding hydrogens is 352 g/mol. The summed E-state index contributed by atoms with van der Waals surface area (Å²) in [5, 5.41) is 8.98. The van der Waals surface area contributed by atoms with Crippen molar-refractivity contribution in [3.8, 4) is 0 Å². The summed E-state index contributed by atoms with van der Waals surface area (Å²) >= 11 is 0. The van der Waals surface area contributed by atoms with Gasteiger partial charge in [0.2, 0.25) is 0 Å². The number of ether oxygens (including phenoxy) is 2. The summed E-state index contributed by atoms with van der Waals surface area (Å²) in [4.78, 5) is 35.4. The van der Waals surface area contributed by atoms with E-state index < -0.39 is 29.6 Å². The van der Waals surface area contributed by atoms with Gasteiger partial charge in [-0.15, -0.1) is 0 Å². The number of rotatable bonds is 6. The maximum Gasteiger partial charge on any atom is 0.335 e. The molecule has 0 aliphatic carbocycles. The molecule has 1 saturated heterocycles. The first-order chi connectivity index (χ1) is 13.1. The third-order valence-electron chi connectivity index (χ3n) is 4.01. The lowest BCUT2D eigenvalue weighted by atomic mass is 10.2. The van der Waals surface area contributed by atoms with Gasteiger partial charge in [0.25, 0.3) is 5.56 Å². The van der Waals surface area contributed by atoms with Gasteiger partial charge in [-0.1, -0.05) is 44.2 Å². The van der Waals surface area contributed by atoms with E-state index in [1.807, 2.05) is 44.2 Å². The van der Waals surface area contributed by atoms with Crippen molar-refractivity contribution < 1.29 is 19.4 Å². The monoisotopic (exact) mass is 376 g/mol. The average molecular weight is 376 g/mol. The Morgan fingerprint density at radius 3 is 2.52 bits per heavy atom. The van der Waals surface area contributed by atoms with Crippen molar-refractivity contribution in [2.24, 2.45) is 0 Å². The van der Waals surface area contributed by atoms with E-state index in [1.165, 1.54) is 16.8 Å². The Morgan fingerprint density at radius 1 is 1.19 bits per heavy atom. The van der Waals surface area contributed by atoms with Crippen LogP contribution in [0.5, 0.6) is 0 Å². The Labute approximate surface area is 156 Å². The Balaban J connectivity index is 0.00000126. The molecule has 0 saturated carbocycles. The van der Waals surface area contributed by atoms with Gasteiger partial charge in [0, 0.05) is 12.3 Å². The van der Waals surface area contributed by atoms with Gasteiger partial charge < -0.3 is 14.6 Å². The van der Waals surface area contributed by atoms with Gasteiger partial charge in [0.15, 0.2) is 6.10 Å². The summed E-state index contributed by atoms with van der Waals surface area (Å²) in [6.45, 7) is 4.07. The lowest BCUT2D eigenvalue weighted by Gasteiger charge is -2.16. The fourth-order valence-corrected chi connectivity index (χ4v) is 2.70. The molecule has 146 valence electrons. The number of aromatic nitrogens is 2. The van der Waals surface area contributed by atoms with E-state index in [4.69, 9.17) is 14.6 Å². The van der Waals surface area contributed by atoms with Crippen molar-refractivity contribution in [1.29, 1.82) is 0 Å². The molecular formula is C19H24N2O6. The van der Waals surface area contributed by atoms with E-state index in [1.54, 1.807) is 0 Å². The van der Waals surface area contributed by atoms with E-state index in [2.05, 4.69) is 0 Å². The lowest BCUT2D eigenvalue weighted by molar-refractivity contribution is -0.151. The lowest BCUT2D eigenvalue weighted by Crippen LogP contribution is -2.41. The molecule has 2 unspecified atom stereocenters. The highest BCUT2D eigenvalue weighted by molar-refractivity contribution is 5.72.